The fourth-order valence-electron chi connectivity index (χ4n) is 1.88. The molecule has 1 aromatic carbocycles. The number of rotatable bonds is 4. The summed E-state index contributed by atoms with van der Waals surface area (Å²) in [4.78, 5) is 35.6. The van der Waals surface area contributed by atoms with Gasteiger partial charge in [-0.15, -0.1) is 11.3 Å². The molecule has 0 saturated carbocycles. The molecule has 3 rings (SSSR count). The third-order valence-corrected chi connectivity index (χ3v) is 4.89. The lowest BCUT2D eigenvalue weighted by molar-refractivity contribution is 0.0997. The summed E-state index contributed by atoms with van der Waals surface area (Å²) in [5.74, 6) is -1.25. The average Bonchev–Trinajstić information content (AvgIpc) is 3.11. The first-order valence-corrected chi connectivity index (χ1v) is 8.67. The Morgan fingerprint density at radius 2 is 1.96 bits per heavy atom. The Morgan fingerprint density at radius 3 is 2.64 bits per heavy atom. The third-order valence-electron chi connectivity index (χ3n) is 2.91. The fourth-order valence-corrected chi connectivity index (χ4v) is 3.70. The van der Waals surface area contributed by atoms with Gasteiger partial charge >= 0.3 is 0 Å². The highest BCUT2D eigenvalue weighted by Gasteiger charge is 2.15. The number of anilines is 1. The zero-order chi connectivity index (χ0) is 18.1. The first kappa shape index (κ1) is 17.1. The Bertz CT molecular complexity index is 1020. The molecule has 2 amide bonds. The van der Waals surface area contributed by atoms with E-state index in [1.165, 1.54) is 28.8 Å². The Labute approximate surface area is 153 Å². The van der Waals surface area contributed by atoms with Gasteiger partial charge in [0.25, 0.3) is 5.91 Å². The van der Waals surface area contributed by atoms with Crippen molar-refractivity contribution in [1.82, 2.24) is 9.97 Å². The highest BCUT2D eigenvalue weighted by molar-refractivity contribution is 7.22. The van der Waals surface area contributed by atoms with Crippen LogP contribution in [0.15, 0.2) is 22.5 Å². The number of benzene rings is 1. The smallest absolute Gasteiger partial charge is 0.276 e. The van der Waals surface area contributed by atoms with Crippen molar-refractivity contribution in [2.75, 3.05) is 5.32 Å². The Kier molecular flexibility index (Phi) is 4.53. The lowest BCUT2D eigenvalue weighted by Gasteiger charge is -1.97. The maximum Gasteiger partial charge on any atom is 0.276 e. The lowest BCUT2D eigenvalue weighted by atomic mass is 10.2. The first-order valence-electron chi connectivity index (χ1n) is 6.60. The molecule has 2 heterocycles. The predicted octanol–water partition coefficient (Wildman–Crippen LogP) is 1.66. The third kappa shape index (κ3) is 3.68. The zero-order valence-electron chi connectivity index (χ0n) is 12.3. The second-order valence-electron chi connectivity index (χ2n) is 4.69. The molecule has 3 aromatic rings. The number of aliphatic imine (C=N–C) groups is 1. The monoisotopic (exact) mass is 395 g/mol. The molecule has 128 valence electrons. The van der Waals surface area contributed by atoms with E-state index in [2.05, 4.69) is 20.3 Å². The Balaban J connectivity index is 1.85. The topological polar surface area (TPSA) is 162 Å². The summed E-state index contributed by atoms with van der Waals surface area (Å²) in [5, 5.41) is 4.94. The summed E-state index contributed by atoms with van der Waals surface area (Å²) < 4.78 is 0.660. The van der Waals surface area contributed by atoms with Crippen molar-refractivity contribution < 1.29 is 9.59 Å². The van der Waals surface area contributed by atoms with Gasteiger partial charge in [0, 0.05) is 5.38 Å². The average molecular weight is 396 g/mol. The minimum atomic E-state index is -0.638. The van der Waals surface area contributed by atoms with Crippen molar-refractivity contribution in [2.24, 2.45) is 22.2 Å². The first-order chi connectivity index (χ1) is 11.8. The number of thiazole rings is 2. The van der Waals surface area contributed by atoms with E-state index in [0.29, 0.717) is 15.3 Å². The van der Waals surface area contributed by atoms with Gasteiger partial charge in [-0.25, -0.2) is 9.97 Å². The Hall–Kier alpha value is -2.76. The van der Waals surface area contributed by atoms with Crippen molar-refractivity contribution in [3.05, 3.63) is 33.8 Å². The summed E-state index contributed by atoms with van der Waals surface area (Å²) in [5.41, 5.74) is 16.7. The summed E-state index contributed by atoms with van der Waals surface area (Å²) in [6.07, 6.45) is 0. The molecule has 0 radical (unpaired) electrons. The minimum absolute atomic E-state index is 0.144. The molecule has 0 unspecified atom stereocenters. The van der Waals surface area contributed by atoms with Gasteiger partial charge in [0.05, 0.1) is 20.8 Å². The number of carbonyl (C=O) groups excluding carboxylic acids is 2. The summed E-state index contributed by atoms with van der Waals surface area (Å²) in [7, 11) is 0. The number of hydrogen-bond acceptors (Lipinski definition) is 7. The maximum atomic E-state index is 12.2. The molecule has 12 heteroatoms. The molecular formula is C13H10ClN7O2S2. The van der Waals surface area contributed by atoms with Crippen LogP contribution in [0.5, 0.6) is 0 Å². The second kappa shape index (κ2) is 6.63. The summed E-state index contributed by atoms with van der Waals surface area (Å²) in [6.45, 7) is 0. The molecule has 0 bridgehead atoms. The molecule has 0 atom stereocenters. The number of fused-ring (bicyclic) bond motifs is 1. The van der Waals surface area contributed by atoms with Gasteiger partial charge in [0.2, 0.25) is 11.0 Å². The van der Waals surface area contributed by atoms with Crippen LogP contribution < -0.4 is 22.5 Å². The SMILES string of the molecule is NC(=O)c1cc2sc(NC(=O)c3csc(N=C(N)N)n3)nc2cc1Cl. The van der Waals surface area contributed by atoms with Crippen LogP contribution in [0.1, 0.15) is 20.8 Å². The molecule has 0 aliphatic carbocycles. The second-order valence-corrected chi connectivity index (χ2v) is 6.96. The van der Waals surface area contributed by atoms with Crippen LogP contribution in [0.4, 0.5) is 10.3 Å². The number of primary amides is 1. The molecular weight excluding hydrogens is 386 g/mol. The van der Waals surface area contributed by atoms with Crippen LogP contribution in [-0.4, -0.2) is 27.7 Å². The number of carbonyl (C=O) groups is 2. The summed E-state index contributed by atoms with van der Waals surface area (Å²) in [6, 6.07) is 3.05. The number of guanidine groups is 1. The highest BCUT2D eigenvalue weighted by Crippen LogP contribution is 2.31. The van der Waals surface area contributed by atoms with E-state index in [1.54, 1.807) is 0 Å². The molecule has 0 aliphatic rings. The van der Waals surface area contributed by atoms with Crippen LogP contribution >= 0.6 is 34.3 Å². The van der Waals surface area contributed by atoms with E-state index in [4.69, 9.17) is 28.8 Å². The Morgan fingerprint density at radius 1 is 1.20 bits per heavy atom. The van der Waals surface area contributed by atoms with Crippen LogP contribution in [-0.2, 0) is 0 Å². The van der Waals surface area contributed by atoms with E-state index in [1.807, 2.05) is 0 Å². The van der Waals surface area contributed by atoms with Crippen molar-refractivity contribution in [3.8, 4) is 0 Å². The molecule has 0 spiro atoms. The van der Waals surface area contributed by atoms with Crippen molar-refractivity contribution in [2.45, 2.75) is 0 Å². The zero-order valence-corrected chi connectivity index (χ0v) is 14.7. The molecule has 0 saturated heterocycles. The largest absolute Gasteiger partial charge is 0.370 e. The normalized spacial score (nSPS) is 10.6. The summed E-state index contributed by atoms with van der Waals surface area (Å²) >= 11 is 8.29. The maximum absolute atomic E-state index is 12.2. The number of hydrogen-bond donors (Lipinski definition) is 4. The standard InChI is InChI=1S/C13H10ClN7O2S2/c14-5-2-6-8(1-4(5)9(15)22)25-13(18-6)20-10(23)7-3-24-12(19-7)21-11(16)17/h1-3H,(H2,15,22)(H,18,20,23)(H4,16,17,19,21). The van der Waals surface area contributed by atoms with Gasteiger partial charge in [0.15, 0.2) is 11.1 Å². The van der Waals surface area contributed by atoms with E-state index in [-0.39, 0.29) is 27.4 Å². The number of amides is 2. The van der Waals surface area contributed by atoms with E-state index in [0.717, 1.165) is 11.3 Å². The molecule has 9 nitrogen and oxygen atoms in total. The number of nitrogens with zero attached hydrogens (tertiary/aromatic N) is 3. The molecule has 25 heavy (non-hydrogen) atoms. The van der Waals surface area contributed by atoms with Crippen molar-refractivity contribution in [1.29, 1.82) is 0 Å². The minimum Gasteiger partial charge on any atom is -0.370 e. The molecule has 0 aliphatic heterocycles. The number of nitrogens with two attached hydrogens (primary N) is 3. The van der Waals surface area contributed by atoms with E-state index in [9.17, 15) is 9.59 Å². The molecule has 2 aromatic heterocycles. The van der Waals surface area contributed by atoms with Gasteiger partial charge in [0.1, 0.15) is 5.69 Å². The van der Waals surface area contributed by atoms with Gasteiger partial charge in [-0.1, -0.05) is 22.9 Å². The van der Waals surface area contributed by atoms with E-state index >= 15 is 0 Å². The van der Waals surface area contributed by atoms with Gasteiger partial charge in [-0.2, -0.15) is 4.99 Å². The van der Waals surface area contributed by atoms with Crippen LogP contribution in [0, 0.1) is 0 Å². The predicted molar refractivity (Wildman–Crippen MR) is 98.7 cm³/mol. The molecule has 0 fully saturated rings. The number of aromatic nitrogens is 2. The van der Waals surface area contributed by atoms with Gasteiger partial charge < -0.3 is 17.2 Å². The fraction of sp³-hybridized carbons (Fsp3) is 0. The number of nitrogens with one attached hydrogen (secondary N) is 1. The number of halogens is 1. The van der Waals surface area contributed by atoms with Crippen molar-refractivity contribution >= 4 is 72.5 Å². The van der Waals surface area contributed by atoms with Gasteiger partial charge in [-0.3, -0.25) is 14.9 Å². The van der Waals surface area contributed by atoms with Crippen molar-refractivity contribution in [3.63, 3.8) is 0 Å². The van der Waals surface area contributed by atoms with E-state index < -0.39 is 11.8 Å². The van der Waals surface area contributed by atoms with Crippen LogP contribution in [0.25, 0.3) is 10.2 Å². The molecule has 7 N–H and O–H groups in total. The highest BCUT2D eigenvalue weighted by atomic mass is 35.5. The van der Waals surface area contributed by atoms with Gasteiger partial charge in [-0.05, 0) is 12.1 Å². The van der Waals surface area contributed by atoms with Crippen LogP contribution in [0.3, 0.4) is 0 Å². The lowest BCUT2D eigenvalue weighted by Crippen LogP contribution is -2.21. The quantitative estimate of drug-likeness (QED) is 0.387. The van der Waals surface area contributed by atoms with Crippen LogP contribution in [0.2, 0.25) is 5.02 Å².